The summed E-state index contributed by atoms with van der Waals surface area (Å²) in [5.41, 5.74) is 0. The molecule has 0 aromatic heterocycles. The van der Waals surface area contributed by atoms with Crippen LogP contribution in [0.15, 0.2) is 0 Å². The highest BCUT2D eigenvalue weighted by Gasteiger charge is 2.46. The summed E-state index contributed by atoms with van der Waals surface area (Å²) in [5, 5.41) is 0. The van der Waals surface area contributed by atoms with Crippen LogP contribution in [0.5, 0.6) is 0 Å². The Morgan fingerprint density at radius 1 is 1.08 bits per heavy atom. The van der Waals surface area contributed by atoms with Crippen LogP contribution < -0.4 is 0 Å². The molecule has 0 aromatic rings. The molecule has 2 rings (SSSR count). The molecule has 0 heterocycles. The molecule has 0 radical (unpaired) electrons. The zero-order chi connectivity index (χ0) is 8.39. The molecule has 2 aliphatic carbocycles. The summed E-state index contributed by atoms with van der Waals surface area (Å²) in [4.78, 5) is 0. The Balaban J connectivity index is 1.55. The Hall–Kier alpha value is 0. The molecule has 0 N–H and O–H groups in total. The van der Waals surface area contributed by atoms with Gasteiger partial charge in [-0.3, -0.25) is 0 Å². The van der Waals surface area contributed by atoms with Gasteiger partial charge in [-0.05, 0) is 37.0 Å². The lowest BCUT2D eigenvalue weighted by Crippen LogP contribution is -1.98. The third-order valence-electron chi connectivity index (χ3n) is 3.92. The molecule has 0 saturated heterocycles. The van der Waals surface area contributed by atoms with Crippen LogP contribution >= 0.6 is 0 Å². The molecule has 2 aliphatic rings. The second-order valence-corrected chi connectivity index (χ2v) is 4.85. The van der Waals surface area contributed by atoms with Crippen LogP contribution in [0.25, 0.3) is 0 Å². The summed E-state index contributed by atoms with van der Waals surface area (Å²) >= 11 is 0. The molecule has 0 aliphatic heterocycles. The Morgan fingerprint density at radius 3 is 2.58 bits per heavy atom. The van der Waals surface area contributed by atoms with Crippen molar-refractivity contribution in [2.45, 2.75) is 58.3 Å². The molecule has 0 nitrogen and oxygen atoms in total. The van der Waals surface area contributed by atoms with Crippen molar-refractivity contribution in [3.8, 4) is 0 Å². The smallest absolute Gasteiger partial charge is 0.0355 e. The highest BCUT2D eigenvalue weighted by molar-refractivity contribution is 4.97. The second-order valence-electron chi connectivity index (χ2n) is 4.85. The maximum absolute atomic E-state index is 2.30. The molecular formula is C12H22. The highest BCUT2D eigenvalue weighted by Crippen LogP contribution is 2.56. The average molecular weight is 166 g/mol. The van der Waals surface area contributed by atoms with Gasteiger partial charge in [0.05, 0.1) is 0 Å². The summed E-state index contributed by atoms with van der Waals surface area (Å²) in [6.07, 6.45) is 12.1. The second kappa shape index (κ2) is 3.81. The molecule has 3 unspecified atom stereocenters. The van der Waals surface area contributed by atoms with E-state index in [4.69, 9.17) is 0 Å². The van der Waals surface area contributed by atoms with Crippen LogP contribution in [0.3, 0.4) is 0 Å². The van der Waals surface area contributed by atoms with Crippen LogP contribution in [0, 0.1) is 17.8 Å². The van der Waals surface area contributed by atoms with Crippen molar-refractivity contribution in [1.29, 1.82) is 0 Å². The van der Waals surface area contributed by atoms with Crippen LogP contribution in [0.2, 0.25) is 0 Å². The average Bonchev–Trinajstić information content (AvgIpc) is 2.76. The topological polar surface area (TPSA) is 0 Å². The van der Waals surface area contributed by atoms with Gasteiger partial charge in [0.15, 0.2) is 0 Å². The molecule has 12 heavy (non-hydrogen) atoms. The van der Waals surface area contributed by atoms with Crippen molar-refractivity contribution in [2.75, 3.05) is 0 Å². The lowest BCUT2D eigenvalue weighted by molar-refractivity contribution is 0.419. The highest BCUT2D eigenvalue weighted by atomic mass is 14.5. The third kappa shape index (κ3) is 1.84. The number of hydrogen-bond donors (Lipinski definition) is 0. The van der Waals surface area contributed by atoms with E-state index in [0.717, 1.165) is 5.92 Å². The minimum Gasteiger partial charge on any atom is -0.0654 e. The number of unbranched alkanes of at least 4 members (excludes halogenated alkanes) is 3. The summed E-state index contributed by atoms with van der Waals surface area (Å²) in [5.74, 6) is 3.56. The number of hydrogen-bond acceptors (Lipinski definition) is 0. The summed E-state index contributed by atoms with van der Waals surface area (Å²) in [6.45, 7) is 2.30. The van der Waals surface area contributed by atoms with Crippen molar-refractivity contribution in [3.05, 3.63) is 0 Å². The first-order valence-corrected chi connectivity index (χ1v) is 5.92. The lowest BCUT2D eigenvalue weighted by atomic mass is 9.96. The van der Waals surface area contributed by atoms with Gasteiger partial charge in [0.1, 0.15) is 0 Å². The fraction of sp³-hybridized carbons (Fsp3) is 1.00. The van der Waals surface area contributed by atoms with E-state index < -0.39 is 0 Å². The molecule has 2 fully saturated rings. The Morgan fingerprint density at radius 2 is 2.00 bits per heavy atom. The van der Waals surface area contributed by atoms with E-state index in [0.29, 0.717) is 0 Å². The Kier molecular flexibility index (Phi) is 2.73. The Labute approximate surface area is 76.7 Å². The predicted octanol–water partition coefficient (Wildman–Crippen LogP) is 4.00. The Bertz CT molecular complexity index is 139. The molecule has 3 atom stereocenters. The summed E-state index contributed by atoms with van der Waals surface area (Å²) in [6, 6.07) is 0. The van der Waals surface area contributed by atoms with E-state index in [1.165, 1.54) is 37.5 Å². The van der Waals surface area contributed by atoms with Gasteiger partial charge in [-0.25, -0.2) is 0 Å². The predicted molar refractivity (Wildman–Crippen MR) is 53.1 cm³/mol. The van der Waals surface area contributed by atoms with Gasteiger partial charge in [0.25, 0.3) is 0 Å². The van der Waals surface area contributed by atoms with Crippen molar-refractivity contribution >= 4 is 0 Å². The zero-order valence-corrected chi connectivity index (χ0v) is 8.39. The van der Waals surface area contributed by atoms with Gasteiger partial charge < -0.3 is 0 Å². The zero-order valence-electron chi connectivity index (χ0n) is 8.39. The first kappa shape index (κ1) is 8.59. The monoisotopic (exact) mass is 166 g/mol. The maximum atomic E-state index is 2.30. The molecule has 0 heteroatoms. The van der Waals surface area contributed by atoms with Gasteiger partial charge in [0.2, 0.25) is 0 Å². The van der Waals surface area contributed by atoms with Crippen LogP contribution in [0.4, 0.5) is 0 Å². The first-order valence-electron chi connectivity index (χ1n) is 5.92. The molecule has 0 aromatic carbocycles. The van der Waals surface area contributed by atoms with E-state index in [2.05, 4.69) is 6.92 Å². The standard InChI is InChI=1S/C12H22/c1-2-3-4-5-6-10-7-8-11-9-12(10)11/h10-12H,2-9H2,1H3. The molecule has 0 bridgehead atoms. The largest absolute Gasteiger partial charge is 0.0654 e. The van der Waals surface area contributed by atoms with Crippen molar-refractivity contribution in [1.82, 2.24) is 0 Å². The third-order valence-corrected chi connectivity index (χ3v) is 3.92. The van der Waals surface area contributed by atoms with Crippen LogP contribution in [-0.2, 0) is 0 Å². The van der Waals surface area contributed by atoms with E-state index >= 15 is 0 Å². The van der Waals surface area contributed by atoms with Crippen LogP contribution in [0.1, 0.15) is 58.3 Å². The SMILES string of the molecule is CCCCCCC1CCC2CC12. The molecule has 2 saturated carbocycles. The molecule has 70 valence electrons. The number of rotatable bonds is 5. The van der Waals surface area contributed by atoms with E-state index in [1.54, 1.807) is 25.7 Å². The van der Waals surface area contributed by atoms with Crippen molar-refractivity contribution in [3.63, 3.8) is 0 Å². The van der Waals surface area contributed by atoms with Crippen molar-refractivity contribution < 1.29 is 0 Å². The van der Waals surface area contributed by atoms with Gasteiger partial charge in [0, 0.05) is 0 Å². The number of fused-ring (bicyclic) bond motifs is 1. The quantitative estimate of drug-likeness (QED) is 0.541. The van der Waals surface area contributed by atoms with Gasteiger partial charge in [-0.1, -0.05) is 39.0 Å². The fourth-order valence-electron chi connectivity index (χ4n) is 3.01. The lowest BCUT2D eigenvalue weighted by Gasteiger charge is -2.10. The van der Waals surface area contributed by atoms with E-state index in [-0.39, 0.29) is 0 Å². The van der Waals surface area contributed by atoms with Gasteiger partial charge >= 0.3 is 0 Å². The van der Waals surface area contributed by atoms with E-state index in [1.807, 2.05) is 0 Å². The first-order chi connectivity index (χ1) is 5.92. The van der Waals surface area contributed by atoms with Crippen LogP contribution in [-0.4, -0.2) is 0 Å². The molecular weight excluding hydrogens is 144 g/mol. The molecule has 0 amide bonds. The minimum absolute atomic E-state index is 1.16. The fourth-order valence-corrected chi connectivity index (χ4v) is 3.01. The van der Waals surface area contributed by atoms with Gasteiger partial charge in [-0.2, -0.15) is 0 Å². The normalized spacial score (nSPS) is 38.2. The molecule has 0 spiro atoms. The van der Waals surface area contributed by atoms with E-state index in [9.17, 15) is 0 Å². The summed E-state index contributed by atoms with van der Waals surface area (Å²) < 4.78 is 0. The minimum atomic E-state index is 1.16. The van der Waals surface area contributed by atoms with Crippen molar-refractivity contribution in [2.24, 2.45) is 17.8 Å². The van der Waals surface area contributed by atoms with Gasteiger partial charge in [-0.15, -0.1) is 0 Å². The summed E-state index contributed by atoms with van der Waals surface area (Å²) in [7, 11) is 0. The maximum Gasteiger partial charge on any atom is -0.0355 e.